The van der Waals surface area contributed by atoms with E-state index in [0.29, 0.717) is 18.6 Å². The first kappa shape index (κ1) is 17.7. The van der Waals surface area contributed by atoms with E-state index < -0.39 is 21.9 Å². The molecule has 6 nitrogen and oxygen atoms in total. The van der Waals surface area contributed by atoms with Gasteiger partial charge in [0, 0.05) is 13.0 Å². The summed E-state index contributed by atoms with van der Waals surface area (Å²) in [5.74, 6) is -0.834. The van der Waals surface area contributed by atoms with Gasteiger partial charge in [0.25, 0.3) is 0 Å². The lowest BCUT2D eigenvalue weighted by Crippen LogP contribution is -2.33. The zero-order valence-corrected chi connectivity index (χ0v) is 14.4. The van der Waals surface area contributed by atoms with Gasteiger partial charge in [-0.1, -0.05) is 13.8 Å². The van der Waals surface area contributed by atoms with Crippen LogP contribution in [0.4, 0.5) is 0 Å². The van der Waals surface area contributed by atoms with E-state index in [9.17, 15) is 18.3 Å². The van der Waals surface area contributed by atoms with Gasteiger partial charge in [0.1, 0.15) is 11.9 Å². The number of carbonyl (C=O) groups is 1. The predicted molar refractivity (Wildman–Crippen MR) is 86.0 cm³/mol. The fourth-order valence-corrected chi connectivity index (χ4v) is 3.83. The number of hydrogen-bond donors (Lipinski definition) is 2. The minimum absolute atomic E-state index is 0.0401. The molecule has 1 aliphatic rings. The van der Waals surface area contributed by atoms with E-state index in [1.54, 1.807) is 12.1 Å². The Balaban J connectivity index is 2.10. The molecule has 1 heterocycles. The highest BCUT2D eigenvalue weighted by atomic mass is 32.2. The van der Waals surface area contributed by atoms with Gasteiger partial charge in [0.05, 0.1) is 10.8 Å². The van der Waals surface area contributed by atoms with Crippen molar-refractivity contribution in [3.05, 3.63) is 23.8 Å². The van der Waals surface area contributed by atoms with Crippen LogP contribution in [0.3, 0.4) is 0 Å². The lowest BCUT2D eigenvalue weighted by atomic mass is 9.98. The molecule has 128 valence electrons. The molecule has 0 fully saturated rings. The molecule has 0 amide bonds. The van der Waals surface area contributed by atoms with Crippen LogP contribution in [0.2, 0.25) is 0 Å². The maximum absolute atomic E-state index is 12.4. The highest BCUT2D eigenvalue weighted by molar-refractivity contribution is 7.89. The number of fused-ring (bicyclic) bond motifs is 1. The molecule has 2 N–H and O–H groups in total. The van der Waals surface area contributed by atoms with Gasteiger partial charge in [0.15, 0.2) is 0 Å². The number of rotatable bonds is 7. The maximum Gasteiger partial charge on any atom is 0.307 e. The third-order valence-corrected chi connectivity index (χ3v) is 5.22. The van der Waals surface area contributed by atoms with E-state index in [4.69, 9.17) is 4.74 Å². The van der Waals surface area contributed by atoms with Gasteiger partial charge in [-0.05, 0) is 43.0 Å². The summed E-state index contributed by atoms with van der Waals surface area (Å²) in [6.07, 6.45) is 1.13. The Kier molecular flexibility index (Phi) is 5.31. The molecule has 1 aromatic carbocycles. The zero-order valence-electron chi connectivity index (χ0n) is 13.6. The van der Waals surface area contributed by atoms with Crippen molar-refractivity contribution >= 4 is 16.0 Å². The number of carboxylic acid groups (broad SMARTS) is 1. The highest BCUT2D eigenvalue weighted by Crippen LogP contribution is 2.30. The first-order valence-corrected chi connectivity index (χ1v) is 9.19. The average Bonchev–Trinajstić information content (AvgIpc) is 2.81. The molecular formula is C16H23NO5S. The molecule has 0 bridgehead atoms. The smallest absolute Gasteiger partial charge is 0.307 e. The molecule has 0 saturated heterocycles. The number of carboxylic acids is 1. The van der Waals surface area contributed by atoms with Crippen LogP contribution in [-0.2, 0) is 21.2 Å². The summed E-state index contributed by atoms with van der Waals surface area (Å²) in [6, 6.07) is 4.73. The summed E-state index contributed by atoms with van der Waals surface area (Å²) >= 11 is 0. The summed E-state index contributed by atoms with van der Waals surface area (Å²) in [4.78, 5) is 11.4. The summed E-state index contributed by atoms with van der Waals surface area (Å²) in [5, 5.41) is 9.19. The molecule has 0 saturated carbocycles. The largest absolute Gasteiger partial charge is 0.490 e. The van der Waals surface area contributed by atoms with E-state index in [1.165, 1.54) is 6.07 Å². The van der Waals surface area contributed by atoms with Crippen molar-refractivity contribution in [2.24, 2.45) is 11.8 Å². The van der Waals surface area contributed by atoms with Crippen LogP contribution >= 0.6 is 0 Å². The van der Waals surface area contributed by atoms with Crippen LogP contribution in [-0.4, -0.2) is 32.1 Å². The lowest BCUT2D eigenvalue weighted by molar-refractivity contribution is -0.142. The molecule has 2 rings (SSSR count). The van der Waals surface area contributed by atoms with Gasteiger partial charge in [-0.3, -0.25) is 4.79 Å². The molecule has 7 heteroatoms. The molecule has 0 aromatic heterocycles. The van der Waals surface area contributed by atoms with E-state index in [-0.39, 0.29) is 23.5 Å². The van der Waals surface area contributed by atoms with Crippen LogP contribution in [0, 0.1) is 11.8 Å². The van der Waals surface area contributed by atoms with Crippen LogP contribution in [0.5, 0.6) is 5.75 Å². The first-order chi connectivity index (χ1) is 10.7. The van der Waals surface area contributed by atoms with Crippen LogP contribution < -0.4 is 9.46 Å². The highest BCUT2D eigenvalue weighted by Gasteiger charge is 2.25. The first-order valence-electron chi connectivity index (χ1n) is 7.71. The topological polar surface area (TPSA) is 92.7 Å². The molecule has 0 spiro atoms. The van der Waals surface area contributed by atoms with Crippen LogP contribution in [0.25, 0.3) is 0 Å². The Bertz CT molecular complexity index is 684. The molecule has 1 aliphatic heterocycles. The Hall–Kier alpha value is -1.60. The van der Waals surface area contributed by atoms with Crippen LogP contribution in [0.15, 0.2) is 23.1 Å². The Morgan fingerprint density at radius 2 is 2.13 bits per heavy atom. The number of ether oxygens (including phenoxy) is 1. The number of aliphatic carboxylic acids is 1. The van der Waals surface area contributed by atoms with Gasteiger partial charge in [0.2, 0.25) is 10.0 Å². The minimum Gasteiger partial charge on any atom is -0.490 e. The molecule has 23 heavy (non-hydrogen) atoms. The van der Waals surface area contributed by atoms with Crippen molar-refractivity contribution in [1.29, 1.82) is 0 Å². The van der Waals surface area contributed by atoms with Gasteiger partial charge in [-0.15, -0.1) is 0 Å². The Labute approximate surface area is 136 Å². The number of nitrogens with one attached hydrogen (secondary N) is 1. The Morgan fingerprint density at radius 1 is 1.43 bits per heavy atom. The quantitative estimate of drug-likeness (QED) is 0.792. The van der Waals surface area contributed by atoms with Crippen molar-refractivity contribution in [3.63, 3.8) is 0 Å². The summed E-state index contributed by atoms with van der Waals surface area (Å²) in [6.45, 7) is 5.63. The molecule has 0 radical (unpaired) electrons. The number of benzene rings is 1. The second-order valence-corrected chi connectivity index (χ2v) is 8.19. The molecule has 2 atom stereocenters. The fraction of sp³-hybridized carbons (Fsp3) is 0.562. The minimum atomic E-state index is -3.73. The van der Waals surface area contributed by atoms with E-state index in [2.05, 4.69) is 4.72 Å². The summed E-state index contributed by atoms with van der Waals surface area (Å²) in [7, 11) is -3.73. The summed E-state index contributed by atoms with van der Waals surface area (Å²) < 4.78 is 32.7. The Morgan fingerprint density at radius 3 is 2.74 bits per heavy atom. The standard InChI is InChI=1S/C16H23NO5S/c1-10(2)6-13(16(18)19)9-17-23(20,21)14-4-5-15-12(8-14)7-11(3)22-15/h4-5,8,10-11,13,17H,6-7,9H2,1-3H3,(H,18,19). The normalized spacial score (nSPS) is 18.5. The van der Waals surface area contributed by atoms with Gasteiger partial charge >= 0.3 is 5.97 Å². The van der Waals surface area contributed by atoms with Crippen LogP contribution in [0.1, 0.15) is 32.8 Å². The monoisotopic (exact) mass is 341 g/mol. The molecule has 2 unspecified atom stereocenters. The van der Waals surface area contributed by atoms with Gasteiger partial charge in [-0.2, -0.15) is 0 Å². The van der Waals surface area contributed by atoms with Gasteiger partial charge in [-0.25, -0.2) is 13.1 Å². The number of sulfonamides is 1. The summed E-state index contributed by atoms with van der Waals surface area (Å²) in [5.41, 5.74) is 0.859. The third-order valence-electron chi connectivity index (χ3n) is 3.80. The zero-order chi connectivity index (χ0) is 17.2. The molecular weight excluding hydrogens is 318 g/mol. The van der Waals surface area contributed by atoms with E-state index in [0.717, 1.165) is 5.56 Å². The second kappa shape index (κ2) is 6.88. The van der Waals surface area contributed by atoms with Gasteiger partial charge < -0.3 is 9.84 Å². The van der Waals surface area contributed by atoms with Crippen molar-refractivity contribution in [1.82, 2.24) is 4.72 Å². The second-order valence-electron chi connectivity index (χ2n) is 6.42. The van der Waals surface area contributed by atoms with Crippen molar-refractivity contribution < 1.29 is 23.1 Å². The molecule has 0 aliphatic carbocycles. The number of hydrogen-bond acceptors (Lipinski definition) is 4. The van der Waals surface area contributed by atoms with E-state index >= 15 is 0 Å². The third kappa shape index (κ3) is 4.45. The average molecular weight is 341 g/mol. The predicted octanol–water partition coefficient (Wildman–Crippen LogP) is 2.04. The maximum atomic E-state index is 12.4. The van der Waals surface area contributed by atoms with Crippen molar-refractivity contribution in [2.75, 3.05) is 6.54 Å². The lowest BCUT2D eigenvalue weighted by Gasteiger charge is -2.15. The van der Waals surface area contributed by atoms with Crippen molar-refractivity contribution in [2.45, 2.75) is 44.6 Å². The molecule has 1 aromatic rings. The van der Waals surface area contributed by atoms with Crippen molar-refractivity contribution in [3.8, 4) is 5.75 Å². The SMILES string of the molecule is CC(C)CC(CNS(=O)(=O)c1ccc2c(c1)CC(C)O2)C(=O)O. The fourth-order valence-electron chi connectivity index (χ4n) is 2.70. The van der Waals surface area contributed by atoms with E-state index in [1.807, 2.05) is 20.8 Å².